The first kappa shape index (κ1) is 23.5. The highest BCUT2D eigenvalue weighted by molar-refractivity contribution is 7.73. The molecule has 2 aromatic carbocycles. The summed E-state index contributed by atoms with van der Waals surface area (Å²) in [4.78, 5) is 38.8. The lowest BCUT2D eigenvalue weighted by Crippen LogP contribution is -2.25. The second kappa shape index (κ2) is 9.70. The third-order valence-electron chi connectivity index (χ3n) is 5.45. The number of benzene rings is 2. The van der Waals surface area contributed by atoms with Crippen LogP contribution in [0.2, 0.25) is 0 Å². The molecule has 0 saturated heterocycles. The Kier molecular flexibility index (Phi) is 6.71. The van der Waals surface area contributed by atoms with Crippen LogP contribution in [0, 0.1) is 16.7 Å². The quantitative estimate of drug-likeness (QED) is 0.405. The summed E-state index contributed by atoms with van der Waals surface area (Å²) in [5, 5.41) is 2.69. The van der Waals surface area contributed by atoms with E-state index >= 15 is 0 Å². The van der Waals surface area contributed by atoms with Gasteiger partial charge in [-0.25, -0.2) is 9.07 Å². The summed E-state index contributed by atoms with van der Waals surface area (Å²) < 4.78 is 18.0. The molecule has 2 heterocycles. The Labute approximate surface area is 203 Å². The minimum absolute atomic E-state index is 0.0364. The Hall–Kier alpha value is -3.63. The van der Waals surface area contributed by atoms with E-state index in [-0.39, 0.29) is 35.6 Å². The minimum atomic E-state index is -0.403. The lowest BCUT2D eigenvalue weighted by Gasteiger charge is -2.08. The van der Waals surface area contributed by atoms with Crippen molar-refractivity contribution in [3.8, 4) is 16.1 Å². The number of aromatic nitrogens is 3. The molecule has 0 atom stereocenters. The first-order valence-electron chi connectivity index (χ1n) is 10.4. The van der Waals surface area contributed by atoms with Gasteiger partial charge in [0.15, 0.2) is 3.95 Å². The zero-order chi connectivity index (χ0) is 24.4. The van der Waals surface area contributed by atoms with Crippen LogP contribution in [0.3, 0.4) is 0 Å². The summed E-state index contributed by atoms with van der Waals surface area (Å²) >= 11 is 6.58. The Morgan fingerprint density at radius 3 is 2.41 bits per heavy atom. The number of rotatable bonds is 6. The second-order valence-electron chi connectivity index (χ2n) is 7.61. The van der Waals surface area contributed by atoms with Crippen LogP contribution in [0.1, 0.15) is 12.1 Å². The Morgan fingerprint density at radius 1 is 1.09 bits per heavy atom. The molecule has 0 aliphatic heterocycles. The number of nitrogens with zero attached hydrogens (tertiary/aromatic N) is 3. The maximum Gasteiger partial charge on any atom is 0.295 e. The molecule has 4 aromatic rings. The van der Waals surface area contributed by atoms with Crippen molar-refractivity contribution in [3.05, 3.63) is 96.8 Å². The highest BCUT2D eigenvalue weighted by atomic mass is 32.1. The molecule has 0 radical (unpaired) electrons. The first-order chi connectivity index (χ1) is 16.3. The van der Waals surface area contributed by atoms with E-state index < -0.39 is 5.91 Å². The maximum absolute atomic E-state index is 13.2. The van der Waals surface area contributed by atoms with E-state index in [4.69, 9.17) is 12.2 Å². The van der Waals surface area contributed by atoms with Crippen LogP contribution >= 0.6 is 23.6 Å². The fraction of sp³-hybridized carbons (Fsp3) is 0.167. The summed E-state index contributed by atoms with van der Waals surface area (Å²) in [5.74, 6) is -0.768. The molecule has 1 N–H and O–H groups in total. The number of halogens is 1. The SMILES string of the molecule is Cc1c(NC(=O)CCn2c(=O)cc(-c3ccc(F)cc3)sc2=S)c(=O)n(-c2ccccc2)n1C. The molecular formula is C24H21FN4O3S2. The van der Waals surface area contributed by atoms with Crippen molar-refractivity contribution < 1.29 is 9.18 Å². The van der Waals surface area contributed by atoms with Gasteiger partial charge in [-0.15, -0.1) is 11.3 Å². The van der Waals surface area contributed by atoms with E-state index in [1.54, 1.807) is 42.9 Å². The number of amides is 1. The number of carbonyl (C=O) groups is 1. The summed E-state index contributed by atoms with van der Waals surface area (Å²) in [5.41, 5.74) is 1.48. The first-order valence-corrected chi connectivity index (χ1v) is 11.6. The third kappa shape index (κ3) is 4.68. The van der Waals surface area contributed by atoms with Crippen molar-refractivity contribution >= 4 is 35.1 Å². The van der Waals surface area contributed by atoms with E-state index in [1.807, 2.05) is 18.2 Å². The lowest BCUT2D eigenvalue weighted by atomic mass is 10.2. The van der Waals surface area contributed by atoms with E-state index in [0.717, 1.165) is 0 Å². The number of carbonyl (C=O) groups excluding carboxylic acids is 1. The van der Waals surface area contributed by atoms with Gasteiger partial charge in [0.1, 0.15) is 11.5 Å². The zero-order valence-corrected chi connectivity index (χ0v) is 20.1. The predicted octanol–water partition coefficient (Wildman–Crippen LogP) is 4.27. The van der Waals surface area contributed by atoms with Gasteiger partial charge in [0.25, 0.3) is 11.1 Å². The largest absolute Gasteiger partial charge is 0.320 e. The molecule has 1 amide bonds. The number of nitrogens with one attached hydrogen (secondary N) is 1. The van der Waals surface area contributed by atoms with Gasteiger partial charge in [-0.1, -0.05) is 30.3 Å². The van der Waals surface area contributed by atoms with Gasteiger partial charge in [0.2, 0.25) is 5.91 Å². The molecule has 0 fully saturated rings. The highest BCUT2D eigenvalue weighted by Gasteiger charge is 2.18. The fourth-order valence-electron chi connectivity index (χ4n) is 3.54. The van der Waals surface area contributed by atoms with E-state index in [9.17, 15) is 18.8 Å². The van der Waals surface area contributed by atoms with Gasteiger partial charge in [0.05, 0.1) is 11.4 Å². The van der Waals surface area contributed by atoms with Crippen LogP contribution in [0.5, 0.6) is 0 Å². The lowest BCUT2D eigenvalue weighted by molar-refractivity contribution is -0.116. The predicted molar refractivity (Wildman–Crippen MR) is 134 cm³/mol. The molecular weight excluding hydrogens is 475 g/mol. The van der Waals surface area contributed by atoms with Gasteiger partial charge in [-0.3, -0.25) is 23.6 Å². The van der Waals surface area contributed by atoms with Crippen molar-refractivity contribution in [2.24, 2.45) is 7.05 Å². The molecule has 4 rings (SSSR count). The van der Waals surface area contributed by atoms with Crippen molar-refractivity contribution in [2.45, 2.75) is 19.9 Å². The molecule has 2 aromatic heterocycles. The Morgan fingerprint density at radius 2 is 1.76 bits per heavy atom. The normalized spacial score (nSPS) is 10.9. The Balaban J connectivity index is 1.51. The minimum Gasteiger partial charge on any atom is -0.320 e. The zero-order valence-electron chi connectivity index (χ0n) is 18.4. The maximum atomic E-state index is 13.2. The topological polar surface area (TPSA) is 78.0 Å². The number of para-hydroxylation sites is 1. The van der Waals surface area contributed by atoms with E-state index in [1.165, 1.54) is 38.8 Å². The van der Waals surface area contributed by atoms with Crippen molar-refractivity contribution in [2.75, 3.05) is 5.32 Å². The third-order valence-corrected chi connectivity index (χ3v) is 6.89. The summed E-state index contributed by atoms with van der Waals surface area (Å²) in [7, 11) is 1.74. The van der Waals surface area contributed by atoms with Crippen LogP contribution < -0.4 is 16.4 Å². The van der Waals surface area contributed by atoms with Crippen LogP contribution in [0.4, 0.5) is 10.1 Å². The van der Waals surface area contributed by atoms with E-state index in [2.05, 4.69) is 5.32 Å². The van der Waals surface area contributed by atoms with Crippen molar-refractivity contribution in [3.63, 3.8) is 0 Å². The molecule has 0 saturated carbocycles. The summed E-state index contributed by atoms with van der Waals surface area (Å²) in [6.45, 7) is 1.82. The molecule has 34 heavy (non-hydrogen) atoms. The van der Waals surface area contributed by atoms with E-state index in [0.29, 0.717) is 25.8 Å². The van der Waals surface area contributed by atoms with Gasteiger partial charge in [-0.05, 0) is 49.0 Å². The second-order valence-corrected chi connectivity index (χ2v) is 9.28. The molecule has 0 spiro atoms. The Bertz CT molecular complexity index is 1500. The number of anilines is 1. The standard InChI is InChI=1S/C24H21FN4O3S2/c1-15-22(23(32)29(27(15)2)18-6-4-3-5-7-18)26-20(30)12-13-28-21(31)14-19(34-24(28)33)16-8-10-17(25)11-9-16/h3-11,14H,12-13H2,1-2H3,(H,26,30). The van der Waals surface area contributed by atoms with Gasteiger partial charge in [-0.2, -0.15) is 0 Å². The smallest absolute Gasteiger partial charge is 0.295 e. The average Bonchev–Trinajstić information content (AvgIpc) is 3.02. The van der Waals surface area contributed by atoms with Crippen LogP contribution in [0.15, 0.2) is 70.3 Å². The highest BCUT2D eigenvalue weighted by Crippen LogP contribution is 2.23. The van der Waals surface area contributed by atoms with Crippen LogP contribution in [0.25, 0.3) is 16.1 Å². The van der Waals surface area contributed by atoms with Crippen molar-refractivity contribution in [1.82, 2.24) is 13.9 Å². The molecule has 0 bridgehead atoms. The average molecular weight is 497 g/mol. The molecule has 0 unspecified atom stereocenters. The molecule has 174 valence electrons. The summed E-state index contributed by atoms with van der Waals surface area (Å²) in [6, 6.07) is 16.3. The molecule has 7 nitrogen and oxygen atoms in total. The number of hydrogen-bond acceptors (Lipinski definition) is 5. The van der Waals surface area contributed by atoms with Crippen molar-refractivity contribution in [1.29, 1.82) is 0 Å². The van der Waals surface area contributed by atoms with Crippen LogP contribution in [-0.4, -0.2) is 19.8 Å². The fourth-order valence-corrected chi connectivity index (χ4v) is 4.89. The molecule has 0 aliphatic rings. The summed E-state index contributed by atoms with van der Waals surface area (Å²) in [6.07, 6.45) is -0.0364. The van der Waals surface area contributed by atoms with Crippen LogP contribution in [-0.2, 0) is 18.4 Å². The number of hydrogen-bond donors (Lipinski definition) is 1. The molecule has 0 aliphatic carbocycles. The van der Waals surface area contributed by atoms with Gasteiger partial charge < -0.3 is 5.32 Å². The van der Waals surface area contributed by atoms with Gasteiger partial charge >= 0.3 is 0 Å². The molecule has 10 heteroatoms. The van der Waals surface area contributed by atoms with Gasteiger partial charge in [0, 0.05) is 31.0 Å². The monoisotopic (exact) mass is 496 g/mol.